The molecule has 42 heavy (non-hydrogen) atoms. The molecule has 5 nitrogen and oxygen atoms in total. The van der Waals surface area contributed by atoms with Crippen molar-refractivity contribution in [1.82, 2.24) is 14.7 Å². The number of fused-ring (bicyclic) bond motifs is 2. The van der Waals surface area contributed by atoms with Crippen molar-refractivity contribution in [3.8, 4) is 16.9 Å². The van der Waals surface area contributed by atoms with Gasteiger partial charge in [0, 0.05) is 29.9 Å². The summed E-state index contributed by atoms with van der Waals surface area (Å²) in [5.41, 5.74) is 9.79. The maximum Gasteiger partial charge on any atom is 0.416 e. The van der Waals surface area contributed by atoms with Gasteiger partial charge >= 0.3 is 6.18 Å². The van der Waals surface area contributed by atoms with E-state index >= 15 is 0 Å². The zero-order chi connectivity index (χ0) is 30.0. The number of alkyl halides is 3. The molecule has 3 heterocycles. The predicted molar refractivity (Wildman–Crippen MR) is 159 cm³/mol. The molecule has 8 heteroatoms. The number of hydrogen-bond acceptors (Lipinski definition) is 3. The van der Waals surface area contributed by atoms with Crippen molar-refractivity contribution in [2.45, 2.75) is 78.7 Å². The molecule has 0 atom stereocenters. The molecule has 2 aliphatic rings. The largest absolute Gasteiger partial charge is 0.416 e. The van der Waals surface area contributed by atoms with Gasteiger partial charge in [-0.25, -0.2) is 4.68 Å². The number of halogens is 3. The molecular formula is C34H35F3N4O. The highest BCUT2D eigenvalue weighted by Crippen LogP contribution is 2.46. The third-order valence-electron chi connectivity index (χ3n) is 8.91. The lowest BCUT2D eigenvalue weighted by atomic mass is 9.97. The third-order valence-corrected chi connectivity index (χ3v) is 8.91. The molecule has 4 aromatic rings. The molecule has 1 N–H and O–H groups in total. The fourth-order valence-corrected chi connectivity index (χ4v) is 6.46. The number of aryl methyl sites for hydroxylation is 3. The van der Waals surface area contributed by atoms with Crippen LogP contribution >= 0.6 is 0 Å². The number of carbonyl (C=O) groups is 1. The number of benzene rings is 3. The Kier molecular flexibility index (Phi) is 6.80. The highest BCUT2D eigenvalue weighted by atomic mass is 19.4. The van der Waals surface area contributed by atoms with Crippen molar-refractivity contribution in [2.75, 3.05) is 5.32 Å². The van der Waals surface area contributed by atoms with E-state index in [1.807, 2.05) is 12.1 Å². The van der Waals surface area contributed by atoms with E-state index in [0.29, 0.717) is 25.1 Å². The van der Waals surface area contributed by atoms with Crippen molar-refractivity contribution in [2.24, 2.45) is 0 Å². The van der Waals surface area contributed by atoms with Crippen molar-refractivity contribution in [1.29, 1.82) is 0 Å². The lowest BCUT2D eigenvalue weighted by Crippen LogP contribution is -2.36. The lowest BCUT2D eigenvalue weighted by Gasteiger charge is -2.32. The average Bonchev–Trinajstić information content (AvgIpc) is 3.58. The molecule has 218 valence electrons. The molecule has 1 aromatic heterocycles. The van der Waals surface area contributed by atoms with Crippen LogP contribution in [0, 0.1) is 6.92 Å². The smallest absolute Gasteiger partial charge is 0.326 e. The fraction of sp³-hybridized carbons (Fsp3) is 0.353. The zero-order valence-corrected chi connectivity index (χ0v) is 24.6. The Morgan fingerprint density at radius 2 is 1.69 bits per heavy atom. The van der Waals surface area contributed by atoms with Gasteiger partial charge in [0.15, 0.2) is 0 Å². The number of para-hydroxylation sites is 1. The Hall–Kier alpha value is -3.91. The normalized spacial score (nSPS) is 16.0. The van der Waals surface area contributed by atoms with Crippen LogP contribution in [0.2, 0.25) is 0 Å². The van der Waals surface area contributed by atoms with E-state index in [-0.39, 0.29) is 5.91 Å². The van der Waals surface area contributed by atoms with Crippen molar-refractivity contribution in [3.05, 3.63) is 99.2 Å². The highest BCUT2D eigenvalue weighted by molar-refractivity contribution is 5.99. The van der Waals surface area contributed by atoms with Gasteiger partial charge in [-0.15, -0.1) is 0 Å². The standard InChI is InChI=1S/C34H35F3N4O/c1-6-21-9-8-10-22(7-2)30(21)41-31(23-12-14-28-25(16-23)17-29(42)38-28)27-19-40(33(4,5)32(27)39-41)18-24-11-13-26(15-20(24)3)34(35,36)37/h8-16H,6-7,17-19H2,1-5H3,(H,38,42). The second-order valence-corrected chi connectivity index (χ2v) is 11.9. The molecule has 0 saturated heterocycles. The van der Waals surface area contributed by atoms with Gasteiger partial charge in [0.1, 0.15) is 0 Å². The van der Waals surface area contributed by atoms with E-state index in [0.717, 1.165) is 57.9 Å². The van der Waals surface area contributed by atoms with Crippen molar-refractivity contribution in [3.63, 3.8) is 0 Å². The summed E-state index contributed by atoms with van der Waals surface area (Å²) in [6.07, 6.45) is -2.31. The van der Waals surface area contributed by atoms with E-state index in [4.69, 9.17) is 5.10 Å². The lowest BCUT2D eigenvalue weighted by molar-refractivity contribution is -0.137. The van der Waals surface area contributed by atoms with Gasteiger partial charge in [0.05, 0.1) is 34.6 Å². The summed E-state index contributed by atoms with van der Waals surface area (Å²) in [6, 6.07) is 16.5. The van der Waals surface area contributed by atoms with E-state index < -0.39 is 17.3 Å². The van der Waals surface area contributed by atoms with Gasteiger partial charge < -0.3 is 5.32 Å². The Morgan fingerprint density at radius 1 is 0.976 bits per heavy atom. The summed E-state index contributed by atoms with van der Waals surface area (Å²) in [4.78, 5) is 14.4. The topological polar surface area (TPSA) is 50.2 Å². The monoisotopic (exact) mass is 572 g/mol. The molecule has 0 fully saturated rings. The zero-order valence-electron chi connectivity index (χ0n) is 24.6. The molecule has 2 aliphatic heterocycles. The van der Waals surface area contributed by atoms with Crippen LogP contribution < -0.4 is 5.32 Å². The quantitative estimate of drug-likeness (QED) is 0.257. The van der Waals surface area contributed by atoms with Gasteiger partial charge in [-0.3, -0.25) is 9.69 Å². The Labute approximate surface area is 244 Å². The van der Waals surface area contributed by atoms with Crippen LogP contribution in [0.3, 0.4) is 0 Å². The number of carbonyl (C=O) groups excluding carboxylic acids is 1. The van der Waals surface area contributed by atoms with Crippen LogP contribution in [0.15, 0.2) is 54.6 Å². The SMILES string of the molecule is CCc1cccc(CC)c1-n1nc2c(c1-c1ccc3c(c1)CC(=O)N3)CN(Cc1ccc(C(F)(F)F)cc1C)C2(C)C. The highest BCUT2D eigenvalue weighted by Gasteiger charge is 2.43. The van der Waals surface area contributed by atoms with Gasteiger partial charge in [0.25, 0.3) is 0 Å². The van der Waals surface area contributed by atoms with Gasteiger partial charge in [0.2, 0.25) is 5.91 Å². The van der Waals surface area contributed by atoms with Gasteiger partial charge in [-0.2, -0.15) is 18.3 Å². The van der Waals surface area contributed by atoms with E-state index in [9.17, 15) is 18.0 Å². The molecule has 0 saturated carbocycles. The second kappa shape index (κ2) is 10.1. The van der Waals surface area contributed by atoms with Crippen LogP contribution in [0.25, 0.3) is 16.9 Å². The summed E-state index contributed by atoms with van der Waals surface area (Å²) in [6.45, 7) is 11.4. The number of rotatable bonds is 6. The molecule has 0 bridgehead atoms. The number of amides is 1. The average molecular weight is 573 g/mol. The maximum absolute atomic E-state index is 13.3. The number of nitrogens with zero attached hydrogens (tertiary/aromatic N) is 3. The first-order valence-corrected chi connectivity index (χ1v) is 14.5. The van der Waals surface area contributed by atoms with Crippen LogP contribution in [-0.4, -0.2) is 20.6 Å². The molecule has 6 rings (SSSR count). The fourth-order valence-electron chi connectivity index (χ4n) is 6.46. The number of anilines is 1. The van der Waals surface area contributed by atoms with Crippen molar-refractivity contribution >= 4 is 11.6 Å². The van der Waals surface area contributed by atoms with Gasteiger partial charge in [-0.05, 0) is 85.7 Å². The summed E-state index contributed by atoms with van der Waals surface area (Å²) < 4.78 is 42.1. The Morgan fingerprint density at radius 3 is 2.33 bits per heavy atom. The molecule has 1 amide bonds. The predicted octanol–water partition coefficient (Wildman–Crippen LogP) is 7.74. The minimum Gasteiger partial charge on any atom is -0.326 e. The van der Waals surface area contributed by atoms with Crippen molar-refractivity contribution < 1.29 is 18.0 Å². The molecule has 0 aliphatic carbocycles. The third kappa shape index (κ3) is 4.62. The van der Waals surface area contributed by atoms with Crippen LogP contribution in [0.5, 0.6) is 0 Å². The Bertz CT molecular complexity index is 1690. The maximum atomic E-state index is 13.3. The van der Waals surface area contributed by atoms with Gasteiger partial charge in [-0.1, -0.05) is 44.2 Å². The first-order valence-electron chi connectivity index (χ1n) is 14.5. The summed E-state index contributed by atoms with van der Waals surface area (Å²) in [5, 5.41) is 8.25. The second-order valence-electron chi connectivity index (χ2n) is 11.9. The summed E-state index contributed by atoms with van der Waals surface area (Å²) in [7, 11) is 0. The molecule has 0 radical (unpaired) electrons. The minimum atomic E-state index is -4.37. The van der Waals surface area contributed by atoms with Crippen LogP contribution in [0.4, 0.5) is 18.9 Å². The Balaban J connectivity index is 1.48. The molecule has 0 spiro atoms. The minimum absolute atomic E-state index is 0.00953. The van der Waals surface area contributed by atoms with Crippen LogP contribution in [0.1, 0.15) is 72.3 Å². The van der Waals surface area contributed by atoms with E-state index in [2.05, 4.69) is 66.9 Å². The van der Waals surface area contributed by atoms with Crippen LogP contribution in [-0.2, 0) is 48.9 Å². The summed E-state index contributed by atoms with van der Waals surface area (Å²) in [5.74, 6) is -0.00953. The van der Waals surface area contributed by atoms with E-state index in [1.54, 1.807) is 13.0 Å². The first-order chi connectivity index (χ1) is 19.9. The number of aromatic nitrogens is 2. The first kappa shape index (κ1) is 28.2. The molecule has 3 aromatic carbocycles. The van der Waals surface area contributed by atoms with E-state index in [1.165, 1.54) is 23.3 Å². The molecular weight excluding hydrogens is 537 g/mol. The number of nitrogens with one attached hydrogen (secondary N) is 1. The number of hydrogen-bond donors (Lipinski definition) is 1. The summed E-state index contributed by atoms with van der Waals surface area (Å²) >= 11 is 0. The molecule has 0 unspecified atom stereocenters.